The number of hydrazine groups is 1. The Morgan fingerprint density at radius 2 is 1.75 bits per heavy atom. The van der Waals surface area contributed by atoms with Crippen LogP contribution in [-0.4, -0.2) is 17.6 Å². The summed E-state index contributed by atoms with van der Waals surface area (Å²) in [7, 11) is 2.26. The van der Waals surface area contributed by atoms with E-state index in [4.69, 9.17) is 5.84 Å². The number of nitrogens with one attached hydrogen (secondary N) is 1. The first-order chi connectivity index (χ1) is 9.68. The molecule has 20 heavy (non-hydrogen) atoms. The highest BCUT2D eigenvalue weighted by Crippen LogP contribution is 2.58. The number of anilines is 2. The van der Waals surface area contributed by atoms with Crippen LogP contribution in [0.5, 0.6) is 0 Å². The highest BCUT2D eigenvalue weighted by atomic mass is 15.3. The summed E-state index contributed by atoms with van der Waals surface area (Å²) in [5, 5.41) is 0. The Bertz CT molecular complexity index is 460. The molecule has 1 heterocycles. The lowest BCUT2D eigenvalue weighted by Crippen LogP contribution is -2.59. The molecular formula is C16H24N4. The summed E-state index contributed by atoms with van der Waals surface area (Å²) >= 11 is 0. The summed E-state index contributed by atoms with van der Waals surface area (Å²) in [4.78, 5) is 6.89. The first-order valence-electron chi connectivity index (χ1n) is 7.85. The van der Waals surface area contributed by atoms with Crippen LogP contribution >= 0.6 is 0 Å². The smallest absolute Gasteiger partial charge is 0.140 e. The second-order valence-electron chi connectivity index (χ2n) is 7.25. The number of pyridine rings is 1. The number of hydrogen-bond acceptors (Lipinski definition) is 4. The number of nitrogens with two attached hydrogens (primary N) is 1. The van der Waals surface area contributed by atoms with Crippen LogP contribution in [0.2, 0.25) is 0 Å². The van der Waals surface area contributed by atoms with Gasteiger partial charge in [0.15, 0.2) is 0 Å². The molecule has 1 aromatic rings. The van der Waals surface area contributed by atoms with E-state index in [2.05, 4.69) is 28.4 Å². The van der Waals surface area contributed by atoms with Gasteiger partial charge in [0.05, 0.1) is 11.9 Å². The standard InChI is InChI=1S/C16H24N4/c1-20(14-2-3-15(19-17)18-10-14)16-7-11-4-12(8-16)6-13(5-11)9-16/h2-3,10-13H,4-9,17H2,1H3,(H,18,19). The lowest BCUT2D eigenvalue weighted by atomic mass is 9.52. The SMILES string of the molecule is CN(c1ccc(NN)nc1)C12CC3CC(CC(C3)C1)C2. The van der Waals surface area contributed by atoms with E-state index in [0.29, 0.717) is 5.54 Å². The summed E-state index contributed by atoms with van der Waals surface area (Å²) < 4.78 is 0. The molecule has 5 rings (SSSR count). The zero-order chi connectivity index (χ0) is 13.7. The molecule has 0 amide bonds. The number of aromatic nitrogens is 1. The Kier molecular flexibility index (Phi) is 2.71. The van der Waals surface area contributed by atoms with Crippen molar-refractivity contribution >= 4 is 11.5 Å². The lowest BCUT2D eigenvalue weighted by molar-refractivity contribution is -0.00202. The summed E-state index contributed by atoms with van der Waals surface area (Å²) in [6.45, 7) is 0. The Labute approximate surface area is 120 Å². The molecule has 4 fully saturated rings. The largest absolute Gasteiger partial charge is 0.368 e. The highest BCUT2D eigenvalue weighted by molar-refractivity contribution is 5.51. The second-order valence-corrected chi connectivity index (χ2v) is 7.25. The minimum atomic E-state index is 0.397. The van der Waals surface area contributed by atoms with E-state index < -0.39 is 0 Å². The van der Waals surface area contributed by atoms with E-state index in [1.807, 2.05) is 12.3 Å². The molecular weight excluding hydrogens is 248 g/mol. The fourth-order valence-corrected chi connectivity index (χ4v) is 5.42. The van der Waals surface area contributed by atoms with Crippen LogP contribution in [0.4, 0.5) is 11.5 Å². The third-order valence-corrected chi connectivity index (χ3v) is 6.00. The second kappa shape index (κ2) is 4.35. The predicted octanol–water partition coefficient (Wildman–Crippen LogP) is 2.77. The number of rotatable bonds is 3. The molecule has 1 aromatic heterocycles. The van der Waals surface area contributed by atoms with Gasteiger partial charge in [-0.25, -0.2) is 10.8 Å². The first-order valence-corrected chi connectivity index (χ1v) is 7.85. The van der Waals surface area contributed by atoms with Crippen LogP contribution in [-0.2, 0) is 0 Å². The molecule has 0 saturated heterocycles. The highest BCUT2D eigenvalue weighted by Gasteiger charge is 2.52. The van der Waals surface area contributed by atoms with Crippen molar-refractivity contribution in [2.24, 2.45) is 23.6 Å². The first kappa shape index (κ1) is 12.5. The molecule has 3 N–H and O–H groups in total. The third kappa shape index (κ3) is 1.81. The maximum absolute atomic E-state index is 5.40. The summed E-state index contributed by atoms with van der Waals surface area (Å²) in [5.41, 5.74) is 4.22. The van der Waals surface area contributed by atoms with Crippen LogP contribution in [0.15, 0.2) is 18.3 Å². The molecule has 4 bridgehead atoms. The molecule has 0 aromatic carbocycles. The zero-order valence-electron chi connectivity index (χ0n) is 12.2. The van der Waals surface area contributed by atoms with Crippen molar-refractivity contribution in [2.45, 2.75) is 44.1 Å². The number of nitrogen functional groups attached to an aromatic ring is 1. The fourth-order valence-electron chi connectivity index (χ4n) is 5.42. The number of hydrogen-bond donors (Lipinski definition) is 2. The Balaban J connectivity index is 1.62. The van der Waals surface area contributed by atoms with E-state index in [1.54, 1.807) is 0 Å². The van der Waals surface area contributed by atoms with Crippen molar-refractivity contribution in [3.8, 4) is 0 Å². The third-order valence-electron chi connectivity index (χ3n) is 6.00. The van der Waals surface area contributed by atoms with Crippen molar-refractivity contribution in [1.82, 2.24) is 4.98 Å². The lowest BCUT2D eigenvalue weighted by Gasteiger charge is -2.60. The van der Waals surface area contributed by atoms with Crippen molar-refractivity contribution in [1.29, 1.82) is 0 Å². The molecule has 0 aliphatic heterocycles. The van der Waals surface area contributed by atoms with Crippen LogP contribution in [0, 0.1) is 17.8 Å². The van der Waals surface area contributed by atoms with E-state index in [1.165, 1.54) is 44.2 Å². The molecule has 0 unspecified atom stereocenters. The fraction of sp³-hybridized carbons (Fsp3) is 0.688. The van der Waals surface area contributed by atoms with E-state index in [0.717, 1.165) is 23.6 Å². The molecule has 4 heteroatoms. The van der Waals surface area contributed by atoms with Crippen molar-refractivity contribution < 1.29 is 0 Å². The van der Waals surface area contributed by atoms with Crippen molar-refractivity contribution in [3.05, 3.63) is 18.3 Å². The monoisotopic (exact) mass is 272 g/mol. The molecule has 0 spiro atoms. The molecule has 108 valence electrons. The van der Waals surface area contributed by atoms with Gasteiger partial charge in [0, 0.05) is 12.6 Å². The van der Waals surface area contributed by atoms with Crippen LogP contribution in [0.1, 0.15) is 38.5 Å². The van der Waals surface area contributed by atoms with Crippen LogP contribution < -0.4 is 16.2 Å². The quantitative estimate of drug-likeness (QED) is 0.656. The number of nitrogens with zero attached hydrogens (tertiary/aromatic N) is 2. The summed E-state index contributed by atoms with van der Waals surface area (Å²) in [6.07, 6.45) is 10.6. The van der Waals surface area contributed by atoms with Crippen LogP contribution in [0.3, 0.4) is 0 Å². The Hall–Kier alpha value is -1.29. The van der Waals surface area contributed by atoms with Crippen molar-refractivity contribution in [3.63, 3.8) is 0 Å². The van der Waals surface area contributed by atoms with Gasteiger partial charge in [-0.15, -0.1) is 0 Å². The molecule has 4 nitrogen and oxygen atoms in total. The molecule has 4 aliphatic rings. The maximum Gasteiger partial charge on any atom is 0.140 e. The minimum absolute atomic E-state index is 0.397. The average molecular weight is 272 g/mol. The zero-order valence-corrected chi connectivity index (χ0v) is 12.2. The van der Waals surface area contributed by atoms with Crippen molar-refractivity contribution in [2.75, 3.05) is 17.4 Å². The Morgan fingerprint density at radius 1 is 1.15 bits per heavy atom. The van der Waals surface area contributed by atoms with E-state index in [-0.39, 0.29) is 0 Å². The minimum Gasteiger partial charge on any atom is -0.368 e. The van der Waals surface area contributed by atoms with E-state index in [9.17, 15) is 0 Å². The van der Waals surface area contributed by atoms with Gasteiger partial charge in [0.25, 0.3) is 0 Å². The van der Waals surface area contributed by atoms with Gasteiger partial charge in [-0.3, -0.25) is 0 Å². The van der Waals surface area contributed by atoms with Gasteiger partial charge < -0.3 is 10.3 Å². The Morgan fingerprint density at radius 3 is 2.20 bits per heavy atom. The predicted molar refractivity (Wildman–Crippen MR) is 81.4 cm³/mol. The van der Waals surface area contributed by atoms with Gasteiger partial charge in [0.2, 0.25) is 0 Å². The molecule has 0 radical (unpaired) electrons. The molecule has 4 aliphatic carbocycles. The van der Waals surface area contributed by atoms with Gasteiger partial charge in [0.1, 0.15) is 5.82 Å². The van der Waals surface area contributed by atoms with E-state index >= 15 is 0 Å². The average Bonchev–Trinajstić information content (AvgIpc) is 2.45. The molecule has 0 atom stereocenters. The van der Waals surface area contributed by atoms with Crippen LogP contribution in [0.25, 0.3) is 0 Å². The molecule has 4 saturated carbocycles. The van der Waals surface area contributed by atoms with Gasteiger partial charge in [-0.05, 0) is 68.4 Å². The summed E-state index contributed by atoms with van der Waals surface area (Å²) in [6, 6.07) is 4.10. The van der Waals surface area contributed by atoms with Gasteiger partial charge >= 0.3 is 0 Å². The van der Waals surface area contributed by atoms with Gasteiger partial charge in [-0.2, -0.15) is 0 Å². The van der Waals surface area contributed by atoms with Gasteiger partial charge in [-0.1, -0.05) is 0 Å². The normalized spacial score (nSPS) is 38.0. The topological polar surface area (TPSA) is 54.2 Å². The maximum atomic E-state index is 5.40. The summed E-state index contributed by atoms with van der Waals surface area (Å²) in [5.74, 6) is 9.05.